The van der Waals surface area contributed by atoms with Crippen molar-refractivity contribution >= 4 is 23.3 Å². The first-order valence-corrected chi connectivity index (χ1v) is 8.84. The molecule has 1 aromatic carbocycles. The minimum Gasteiger partial charge on any atom is -0.382 e. The van der Waals surface area contributed by atoms with E-state index in [0.29, 0.717) is 24.3 Å². The first-order chi connectivity index (χ1) is 13.6. The Kier molecular flexibility index (Phi) is 5.95. The SMILES string of the molecule is CCCNC(=O)c1cccc(Cn2cc(NC(=O)c3nccnc3N)cn2)c1. The third-order valence-electron chi connectivity index (χ3n) is 3.90. The maximum atomic E-state index is 12.2. The molecule has 0 aliphatic rings. The number of hydrogen-bond acceptors (Lipinski definition) is 6. The van der Waals surface area contributed by atoms with Gasteiger partial charge in [-0.15, -0.1) is 0 Å². The van der Waals surface area contributed by atoms with Crippen molar-refractivity contribution in [3.05, 3.63) is 65.9 Å². The van der Waals surface area contributed by atoms with E-state index in [0.717, 1.165) is 12.0 Å². The zero-order valence-corrected chi connectivity index (χ0v) is 15.4. The molecule has 9 nitrogen and oxygen atoms in total. The fourth-order valence-electron chi connectivity index (χ4n) is 2.57. The molecule has 2 heterocycles. The van der Waals surface area contributed by atoms with Crippen LogP contribution in [0.2, 0.25) is 0 Å². The van der Waals surface area contributed by atoms with E-state index in [1.54, 1.807) is 16.9 Å². The van der Waals surface area contributed by atoms with E-state index < -0.39 is 5.91 Å². The van der Waals surface area contributed by atoms with Gasteiger partial charge in [0.25, 0.3) is 11.8 Å². The van der Waals surface area contributed by atoms with Crippen LogP contribution in [0.15, 0.2) is 49.1 Å². The Morgan fingerprint density at radius 2 is 2.00 bits per heavy atom. The Bertz CT molecular complexity index is 984. The van der Waals surface area contributed by atoms with Gasteiger partial charge < -0.3 is 16.4 Å². The summed E-state index contributed by atoms with van der Waals surface area (Å²) >= 11 is 0. The van der Waals surface area contributed by atoms with Gasteiger partial charge in [0.15, 0.2) is 11.5 Å². The molecule has 0 aliphatic heterocycles. The summed E-state index contributed by atoms with van der Waals surface area (Å²) in [7, 11) is 0. The van der Waals surface area contributed by atoms with Gasteiger partial charge in [0, 0.05) is 30.7 Å². The van der Waals surface area contributed by atoms with Crippen molar-refractivity contribution in [2.45, 2.75) is 19.9 Å². The van der Waals surface area contributed by atoms with Crippen LogP contribution < -0.4 is 16.4 Å². The number of nitrogens with two attached hydrogens (primary N) is 1. The van der Waals surface area contributed by atoms with Gasteiger partial charge in [-0.25, -0.2) is 9.97 Å². The first kappa shape index (κ1) is 19.0. The number of hydrogen-bond donors (Lipinski definition) is 3. The van der Waals surface area contributed by atoms with E-state index in [4.69, 9.17) is 5.73 Å². The Balaban J connectivity index is 1.66. The number of benzene rings is 1. The number of amides is 2. The zero-order valence-electron chi connectivity index (χ0n) is 15.4. The summed E-state index contributed by atoms with van der Waals surface area (Å²) in [6, 6.07) is 7.34. The Morgan fingerprint density at radius 1 is 1.18 bits per heavy atom. The third kappa shape index (κ3) is 4.70. The lowest BCUT2D eigenvalue weighted by Gasteiger charge is -2.06. The largest absolute Gasteiger partial charge is 0.382 e. The molecular formula is C19H21N7O2. The van der Waals surface area contributed by atoms with Crippen molar-refractivity contribution < 1.29 is 9.59 Å². The van der Waals surface area contributed by atoms with E-state index in [-0.39, 0.29) is 17.4 Å². The van der Waals surface area contributed by atoms with Crippen LogP contribution in [-0.2, 0) is 6.54 Å². The number of nitrogen functional groups attached to an aromatic ring is 1. The van der Waals surface area contributed by atoms with Crippen molar-refractivity contribution in [3.8, 4) is 0 Å². The average Bonchev–Trinajstić information content (AvgIpc) is 3.13. The summed E-state index contributed by atoms with van der Waals surface area (Å²) in [4.78, 5) is 32.1. The smallest absolute Gasteiger partial charge is 0.278 e. The van der Waals surface area contributed by atoms with Gasteiger partial charge in [-0.2, -0.15) is 5.10 Å². The number of rotatable bonds is 7. The zero-order chi connectivity index (χ0) is 19.9. The van der Waals surface area contributed by atoms with Gasteiger partial charge in [0.2, 0.25) is 0 Å². The highest BCUT2D eigenvalue weighted by Gasteiger charge is 2.13. The van der Waals surface area contributed by atoms with Crippen molar-refractivity contribution in [3.63, 3.8) is 0 Å². The third-order valence-corrected chi connectivity index (χ3v) is 3.90. The standard InChI is InChI=1S/C19H21N7O2/c1-2-6-23-18(27)14-5-3-4-13(9-14)11-26-12-15(10-24-26)25-19(28)16-17(20)22-8-7-21-16/h3-5,7-10,12H,2,6,11H2,1H3,(H2,20,22)(H,23,27)(H,25,28). The molecule has 0 saturated heterocycles. The summed E-state index contributed by atoms with van der Waals surface area (Å²) < 4.78 is 1.67. The van der Waals surface area contributed by atoms with Gasteiger partial charge >= 0.3 is 0 Å². The molecule has 0 fully saturated rings. The summed E-state index contributed by atoms with van der Waals surface area (Å²) in [5, 5.41) is 9.78. The highest BCUT2D eigenvalue weighted by molar-refractivity contribution is 6.05. The maximum Gasteiger partial charge on any atom is 0.278 e. The topological polar surface area (TPSA) is 128 Å². The molecule has 144 valence electrons. The molecule has 9 heteroatoms. The molecule has 3 rings (SSSR count). The second-order valence-electron chi connectivity index (χ2n) is 6.13. The van der Waals surface area contributed by atoms with Crippen molar-refractivity contribution in [1.29, 1.82) is 0 Å². The lowest BCUT2D eigenvalue weighted by atomic mass is 10.1. The minimum absolute atomic E-state index is 0.0565. The van der Waals surface area contributed by atoms with Gasteiger partial charge in [0.1, 0.15) is 0 Å². The van der Waals surface area contributed by atoms with Crippen LogP contribution in [0.5, 0.6) is 0 Å². The molecule has 4 N–H and O–H groups in total. The monoisotopic (exact) mass is 379 g/mol. The number of aromatic nitrogens is 4. The van der Waals surface area contributed by atoms with Crippen molar-refractivity contribution in [2.24, 2.45) is 0 Å². The van der Waals surface area contributed by atoms with E-state index in [2.05, 4.69) is 25.7 Å². The summed E-state index contributed by atoms with van der Waals surface area (Å²) in [5.41, 5.74) is 7.75. The van der Waals surface area contributed by atoms with Crippen LogP contribution in [0.4, 0.5) is 11.5 Å². The molecule has 0 atom stereocenters. The van der Waals surface area contributed by atoms with Gasteiger partial charge in [-0.1, -0.05) is 19.1 Å². The number of nitrogens with one attached hydrogen (secondary N) is 2. The van der Waals surface area contributed by atoms with Crippen LogP contribution in [0.25, 0.3) is 0 Å². The van der Waals surface area contributed by atoms with Crippen LogP contribution in [0.3, 0.4) is 0 Å². The van der Waals surface area contributed by atoms with Crippen LogP contribution in [0, 0.1) is 0 Å². The van der Waals surface area contributed by atoms with E-state index in [1.165, 1.54) is 18.6 Å². The number of anilines is 2. The quantitative estimate of drug-likeness (QED) is 0.573. The number of carbonyl (C=O) groups excluding carboxylic acids is 2. The molecule has 28 heavy (non-hydrogen) atoms. The Hall–Kier alpha value is -3.75. The predicted molar refractivity (Wildman–Crippen MR) is 105 cm³/mol. The fourth-order valence-corrected chi connectivity index (χ4v) is 2.57. The molecule has 0 unspecified atom stereocenters. The summed E-state index contributed by atoms with van der Waals surface area (Å²) in [6.45, 7) is 3.10. The average molecular weight is 379 g/mol. The molecule has 2 amide bonds. The molecule has 3 aromatic rings. The van der Waals surface area contributed by atoms with Crippen LogP contribution >= 0.6 is 0 Å². The number of nitrogens with zero attached hydrogens (tertiary/aromatic N) is 4. The van der Waals surface area contributed by atoms with Gasteiger partial charge in [0.05, 0.1) is 18.4 Å². The van der Waals surface area contributed by atoms with Crippen molar-refractivity contribution in [1.82, 2.24) is 25.1 Å². The molecule has 0 saturated carbocycles. The second kappa shape index (κ2) is 8.76. The van der Waals surface area contributed by atoms with Crippen LogP contribution in [0.1, 0.15) is 39.8 Å². The normalized spacial score (nSPS) is 10.5. The Morgan fingerprint density at radius 3 is 2.79 bits per heavy atom. The lowest BCUT2D eigenvalue weighted by molar-refractivity contribution is 0.0952. The molecule has 0 aliphatic carbocycles. The number of carbonyl (C=O) groups is 2. The second-order valence-corrected chi connectivity index (χ2v) is 6.13. The minimum atomic E-state index is -0.459. The first-order valence-electron chi connectivity index (χ1n) is 8.84. The molecule has 0 bridgehead atoms. The van der Waals surface area contributed by atoms with E-state index in [1.807, 2.05) is 25.1 Å². The van der Waals surface area contributed by atoms with Crippen molar-refractivity contribution in [2.75, 3.05) is 17.6 Å². The lowest BCUT2D eigenvalue weighted by Crippen LogP contribution is -2.24. The van der Waals surface area contributed by atoms with E-state index in [9.17, 15) is 9.59 Å². The highest BCUT2D eigenvalue weighted by atomic mass is 16.2. The highest BCUT2D eigenvalue weighted by Crippen LogP contribution is 2.12. The van der Waals surface area contributed by atoms with E-state index >= 15 is 0 Å². The molecular weight excluding hydrogens is 358 g/mol. The summed E-state index contributed by atoms with van der Waals surface area (Å²) in [6.07, 6.45) is 6.92. The molecule has 0 spiro atoms. The Labute approximate surface area is 162 Å². The summed E-state index contributed by atoms with van der Waals surface area (Å²) in [5.74, 6) is -0.496. The molecule has 0 radical (unpaired) electrons. The van der Waals surface area contributed by atoms with Crippen LogP contribution in [-0.4, -0.2) is 38.1 Å². The fraction of sp³-hybridized carbons (Fsp3) is 0.211. The predicted octanol–water partition coefficient (Wildman–Crippen LogP) is 1.70. The maximum absolute atomic E-state index is 12.2. The van der Waals surface area contributed by atoms with Gasteiger partial charge in [-0.05, 0) is 24.1 Å². The molecule has 2 aromatic heterocycles. The van der Waals surface area contributed by atoms with Gasteiger partial charge in [-0.3, -0.25) is 14.3 Å².